The van der Waals surface area contributed by atoms with Gasteiger partial charge in [0.05, 0.1) is 0 Å². The van der Waals surface area contributed by atoms with Crippen molar-refractivity contribution in [3.63, 3.8) is 0 Å². The van der Waals surface area contributed by atoms with Crippen LogP contribution in [0.2, 0.25) is 0 Å². The minimum absolute atomic E-state index is 0.196. The van der Waals surface area contributed by atoms with E-state index in [9.17, 15) is 4.79 Å². The van der Waals surface area contributed by atoms with Gasteiger partial charge in [0.25, 0.3) is 0 Å². The largest absolute Gasteiger partial charge is 0.354 e. The highest BCUT2D eigenvalue weighted by atomic mass is 16.1. The number of carbonyl (C=O) groups excluding carboxylic acids is 1. The van der Waals surface area contributed by atoms with Crippen LogP contribution >= 0.6 is 0 Å². The maximum atomic E-state index is 12.2. The highest BCUT2D eigenvalue weighted by Gasteiger charge is 2.29. The lowest BCUT2D eigenvalue weighted by atomic mass is 9.77. The molecule has 1 aliphatic carbocycles. The van der Waals surface area contributed by atoms with E-state index in [0.717, 1.165) is 12.8 Å². The van der Waals surface area contributed by atoms with Crippen molar-refractivity contribution in [3.05, 3.63) is 0 Å². The van der Waals surface area contributed by atoms with E-state index in [0.29, 0.717) is 12.5 Å². The molecule has 0 aromatic rings. The Bertz CT molecular complexity index is 222. The Balaban J connectivity index is 2.54. The van der Waals surface area contributed by atoms with Gasteiger partial charge in [-0.25, -0.2) is 0 Å². The van der Waals surface area contributed by atoms with Crippen LogP contribution in [-0.4, -0.2) is 18.5 Å². The Morgan fingerprint density at radius 3 is 2.47 bits per heavy atom. The Kier molecular flexibility index (Phi) is 6.56. The number of hydrogen-bond acceptors (Lipinski definition) is 2. The van der Waals surface area contributed by atoms with Gasteiger partial charge in [0.15, 0.2) is 0 Å². The van der Waals surface area contributed by atoms with Crippen LogP contribution in [0.1, 0.15) is 58.8 Å². The summed E-state index contributed by atoms with van der Waals surface area (Å²) in [5.41, 5.74) is 5.58. The second kappa shape index (κ2) is 7.70. The van der Waals surface area contributed by atoms with Gasteiger partial charge in [-0.1, -0.05) is 19.3 Å². The van der Waals surface area contributed by atoms with E-state index in [1.807, 2.05) is 13.8 Å². The smallest absolute Gasteiger partial charge is 0.223 e. The van der Waals surface area contributed by atoms with Crippen LogP contribution in [0.25, 0.3) is 0 Å². The number of nitrogens with two attached hydrogens (primary N) is 1. The highest BCUT2D eigenvalue weighted by molar-refractivity contribution is 5.79. The van der Waals surface area contributed by atoms with Crippen LogP contribution in [0.5, 0.6) is 0 Å². The third-order valence-electron chi connectivity index (χ3n) is 3.71. The average molecular weight is 240 g/mol. The molecule has 0 radical (unpaired) electrons. The Labute approximate surface area is 106 Å². The van der Waals surface area contributed by atoms with Gasteiger partial charge in [0.1, 0.15) is 0 Å². The molecule has 0 heterocycles. The fraction of sp³-hybridized carbons (Fsp3) is 0.929. The van der Waals surface area contributed by atoms with Crippen molar-refractivity contribution in [1.29, 1.82) is 0 Å². The van der Waals surface area contributed by atoms with Crippen molar-refractivity contribution in [1.82, 2.24) is 5.32 Å². The fourth-order valence-electron chi connectivity index (χ4n) is 2.85. The lowest BCUT2D eigenvalue weighted by Gasteiger charge is -2.30. The quantitative estimate of drug-likeness (QED) is 0.749. The third-order valence-corrected chi connectivity index (χ3v) is 3.71. The van der Waals surface area contributed by atoms with Gasteiger partial charge < -0.3 is 11.1 Å². The van der Waals surface area contributed by atoms with E-state index in [1.165, 1.54) is 32.1 Å². The summed E-state index contributed by atoms with van der Waals surface area (Å²) in [5.74, 6) is 1.04. The molecule has 1 unspecified atom stereocenters. The van der Waals surface area contributed by atoms with Gasteiger partial charge in [0, 0.05) is 12.0 Å². The zero-order chi connectivity index (χ0) is 12.7. The summed E-state index contributed by atoms with van der Waals surface area (Å²) in [5, 5.41) is 3.07. The zero-order valence-corrected chi connectivity index (χ0v) is 11.4. The first kappa shape index (κ1) is 14.5. The summed E-state index contributed by atoms with van der Waals surface area (Å²) in [6.07, 6.45) is 8.29. The normalized spacial score (nSPS) is 19.3. The van der Waals surface area contributed by atoms with Crippen molar-refractivity contribution in [3.8, 4) is 0 Å². The lowest BCUT2D eigenvalue weighted by Crippen LogP contribution is -2.39. The molecule has 100 valence electrons. The van der Waals surface area contributed by atoms with Crippen molar-refractivity contribution in [2.45, 2.75) is 64.8 Å². The molecule has 3 N–H and O–H groups in total. The number of hydrogen-bond donors (Lipinski definition) is 2. The molecule has 0 spiro atoms. The summed E-state index contributed by atoms with van der Waals surface area (Å²) in [7, 11) is 0. The van der Waals surface area contributed by atoms with Gasteiger partial charge >= 0.3 is 0 Å². The first-order valence-electron chi connectivity index (χ1n) is 7.15. The van der Waals surface area contributed by atoms with Crippen LogP contribution in [0, 0.1) is 11.8 Å². The Morgan fingerprint density at radius 1 is 1.29 bits per heavy atom. The maximum Gasteiger partial charge on any atom is 0.223 e. The first-order chi connectivity index (χ1) is 8.15. The van der Waals surface area contributed by atoms with E-state index >= 15 is 0 Å². The molecule has 1 atom stereocenters. The second-order valence-electron chi connectivity index (χ2n) is 5.60. The predicted molar refractivity (Wildman–Crippen MR) is 71.6 cm³/mol. The van der Waals surface area contributed by atoms with E-state index in [-0.39, 0.29) is 17.9 Å². The van der Waals surface area contributed by atoms with Gasteiger partial charge in [-0.3, -0.25) is 4.79 Å². The SMILES string of the molecule is CC(C)NC(=O)C(CCCN)C1CCCCC1. The molecule has 0 aromatic carbocycles. The van der Waals surface area contributed by atoms with Crippen LogP contribution < -0.4 is 11.1 Å². The second-order valence-corrected chi connectivity index (χ2v) is 5.60. The number of nitrogens with one attached hydrogen (secondary N) is 1. The van der Waals surface area contributed by atoms with Gasteiger partial charge in [0.2, 0.25) is 5.91 Å². The lowest BCUT2D eigenvalue weighted by molar-refractivity contribution is -0.128. The molecule has 3 heteroatoms. The van der Waals surface area contributed by atoms with Gasteiger partial charge in [-0.05, 0) is 52.0 Å². The molecular formula is C14H28N2O. The summed E-state index contributed by atoms with van der Waals surface area (Å²) in [6.45, 7) is 4.75. The highest BCUT2D eigenvalue weighted by Crippen LogP contribution is 2.32. The third kappa shape index (κ3) is 5.07. The molecule has 1 aliphatic rings. The molecule has 1 saturated carbocycles. The molecule has 1 amide bonds. The summed E-state index contributed by atoms with van der Waals surface area (Å²) in [6, 6.07) is 0.242. The topological polar surface area (TPSA) is 55.1 Å². The van der Waals surface area contributed by atoms with Crippen LogP contribution in [0.3, 0.4) is 0 Å². The monoisotopic (exact) mass is 240 g/mol. The fourth-order valence-corrected chi connectivity index (χ4v) is 2.85. The number of rotatable bonds is 6. The molecule has 17 heavy (non-hydrogen) atoms. The van der Waals surface area contributed by atoms with Crippen LogP contribution in [0.4, 0.5) is 0 Å². The Morgan fingerprint density at radius 2 is 1.94 bits per heavy atom. The molecule has 0 saturated heterocycles. The van der Waals surface area contributed by atoms with E-state index < -0.39 is 0 Å². The van der Waals surface area contributed by atoms with Crippen LogP contribution in [0.15, 0.2) is 0 Å². The molecule has 1 fully saturated rings. The van der Waals surface area contributed by atoms with Crippen molar-refractivity contribution in [2.75, 3.05) is 6.54 Å². The average Bonchev–Trinajstić information content (AvgIpc) is 2.30. The summed E-state index contributed by atoms with van der Waals surface area (Å²) < 4.78 is 0. The van der Waals surface area contributed by atoms with Crippen LogP contribution in [-0.2, 0) is 4.79 Å². The predicted octanol–water partition coefficient (Wildman–Crippen LogP) is 2.45. The zero-order valence-electron chi connectivity index (χ0n) is 11.4. The molecule has 3 nitrogen and oxygen atoms in total. The van der Waals surface area contributed by atoms with Gasteiger partial charge in [-0.2, -0.15) is 0 Å². The first-order valence-corrected chi connectivity index (χ1v) is 7.15. The summed E-state index contributed by atoms with van der Waals surface area (Å²) in [4.78, 5) is 12.2. The standard InChI is InChI=1S/C14H28N2O/c1-11(2)16-14(17)13(9-6-10-15)12-7-4-3-5-8-12/h11-13H,3-10,15H2,1-2H3,(H,16,17). The molecular weight excluding hydrogens is 212 g/mol. The van der Waals surface area contributed by atoms with Gasteiger partial charge in [-0.15, -0.1) is 0 Å². The molecule has 0 bridgehead atoms. The molecule has 0 aromatic heterocycles. The summed E-state index contributed by atoms with van der Waals surface area (Å²) >= 11 is 0. The van der Waals surface area contributed by atoms with E-state index in [2.05, 4.69) is 5.32 Å². The van der Waals surface area contributed by atoms with E-state index in [1.54, 1.807) is 0 Å². The minimum Gasteiger partial charge on any atom is -0.354 e. The van der Waals surface area contributed by atoms with E-state index in [4.69, 9.17) is 5.73 Å². The van der Waals surface area contributed by atoms with Crippen molar-refractivity contribution < 1.29 is 4.79 Å². The number of amides is 1. The minimum atomic E-state index is 0.196. The maximum absolute atomic E-state index is 12.2. The number of carbonyl (C=O) groups is 1. The molecule has 0 aliphatic heterocycles. The Hall–Kier alpha value is -0.570. The van der Waals surface area contributed by atoms with Crippen molar-refractivity contribution >= 4 is 5.91 Å². The van der Waals surface area contributed by atoms with Crippen molar-refractivity contribution in [2.24, 2.45) is 17.6 Å². The molecule has 1 rings (SSSR count).